The molecule has 0 aliphatic carbocycles. The van der Waals surface area contributed by atoms with Crippen LogP contribution < -0.4 is 14.9 Å². The molecule has 37 heavy (non-hydrogen) atoms. The van der Waals surface area contributed by atoms with Gasteiger partial charge >= 0.3 is 0 Å². The first-order chi connectivity index (χ1) is 17.9. The van der Waals surface area contributed by atoms with Gasteiger partial charge in [-0.05, 0) is 66.6 Å². The molecule has 5 rings (SSSR count). The third kappa shape index (κ3) is 5.82. The Morgan fingerprint density at radius 1 is 1.00 bits per heavy atom. The fraction of sp³-hybridized carbons (Fsp3) is 0.222. The lowest BCUT2D eigenvalue weighted by Crippen LogP contribution is -2.45. The van der Waals surface area contributed by atoms with Crippen LogP contribution >= 0.6 is 0 Å². The summed E-state index contributed by atoms with van der Waals surface area (Å²) in [4.78, 5) is 18.6. The summed E-state index contributed by atoms with van der Waals surface area (Å²) in [5.74, 6) is -1.05. The second kappa shape index (κ2) is 10.7. The highest BCUT2D eigenvalue weighted by Gasteiger charge is 2.27. The van der Waals surface area contributed by atoms with Crippen molar-refractivity contribution in [2.45, 2.75) is 17.4 Å². The molecule has 0 saturated carbocycles. The zero-order valence-corrected chi connectivity index (χ0v) is 20.8. The van der Waals surface area contributed by atoms with Gasteiger partial charge < -0.3 is 19.9 Å². The highest BCUT2D eigenvalue weighted by atomic mass is 32.2. The van der Waals surface area contributed by atoms with Crippen molar-refractivity contribution >= 4 is 38.2 Å². The summed E-state index contributed by atoms with van der Waals surface area (Å²) >= 11 is 0. The Bertz CT molecular complexity index is 1480. The number of morpholine rings is 1. The Balaban J connectivity index is 1.38. The minimum absolute atomic E-state index is 0.113. The van der Waals surface area contributed by atoms with Gasteiger partial charge in [-0.1, -0.05) is 18.2 Å². The van der Waals surface area contributed by atoms with E-state index in [1.807, 2.05) is 36.4 Å². The quantitative estimate of drug-likeness (QED) is 0.328. The van der Waals surface area contributed by atoms with Gasteiger partial charge in [0.1, 0.15) is 11.9 Å². The number of para-hydroxylation sites is 1. The van der Waals surface area contributed by atoms with Crippen LogP contribution in [0.1, 0.15) is 5.56 Å². The van der Waals surface area contributed by atoms with E-state index >= 15 is 0 Å². The van der Waals surface area contributed by atoms with Gasteiger partial charge in [0.25, 0.3) is 0 Å². The maximum Gasteiger partial charge on any atom is 0.242 e. The molecule has 4 aromatic rings. The fourth-order valence-electron chi connectivity index (χ4n) is 4.38. The largest absolute Gasteiger partial charge is 0.378 e. The van der Waals surface area contributed by atoms with Gasteiger partial charge in [-0.15, -0.1) is 0 Å². The summed E-state index contributed by atoms with van der Waals surface area (Å²) in [5.41, 5.74) is 3.25. The van der Waals surface area contributed by atoms with E-state index < -0.39 is 27.8 Å². The molecular weight excluding hydrogens is 495 g/mol. The predicted molar refractivity (Wildman–Crippen MR) is 141 cm³/mol. The molecule has 10 heteroatoms. The Morgan fingerprint density at radius 3 is 2.43 bits per heavy atom. The highest BCUT2D eigenvalue weighted by Crippen LogP contribution is 2.22. The number of H-pyrrole nitrogens is 1. The molecule has 2 heterocycles. The van der Waals surface area contributed by atoms with E-state index in [1.54, 1.807) is 18.3 Å². The van der Waals surface area contributed by atoms with Gasteiger partial charge in [-0.25, -0.2) is 12.8 Å². The summed E-state index contributed by atoms with van der Waals surface area (Å²) in [6.07, 6.45) is 1.89. The number of halogens is 1. The van der Waals surface area contributed by atoms with Gasteiger partial charge in [-0.3, -0.25) is 4.79 Å². The van der Waals surface area contributed by atoms with Crippen LogP contribution in [0.3, 0.4) is 0 Å². The molecule has 1 unspecified atom stereocenters. The zero-order chi connectivity index (χ0) is 25.8. The molecular formula is C27H27FN4O4S. The number of carbonyl (C=O) groups excluding carboxylic acids is 1. The molecule has 1 saturated heterocycles. The molecule has 1 atom stereocenters. The molecule has 3 N–H and O–H groups in total. The van der Waals surface area contributed by atoms with Crippen molar-refractivity contribution in [1.82, 2.24) is 9.71 Å². The predicted octanol–water partition coefficient (Wildman–Crippen LogP) is 3.67. The first-order valence-electron chi connectivity index (χ1n) is 12.0. The number of carbonyl (C=O) groups is 1. The van der Waals surface area contributed by atoms with Gasteiger partial charge in [0.15, 0.2) is 0 Å². The van der Waals surface area contributed by atoms with Crippen LogP contribution in [0.25, 0.3) is 10.9 Å². The van der Waals surface area contributed by atoms with Crippen LogP contribution in [0.4, 0.5) is 15.8 Å². The number of nitrogens with one attached hydrogen (secondary N) is 3. The lowest BCUT2D eigenvalue weighted by Gasteiger charge is -2.29. The van der Waals surface area contributed by atoms with Crippen LogP contribution in [0, 0.1) is 5.82 Å². The van der Waals surface area contributed by atoms with Crippen LogP contribution in [0.2, 0.25) is 0 Å². The first kappa shape index (κ1) is 24.9. The number of hydrogen-bond acceptors (Lipinski definition) is 5. The van der Waals surface area contributed by atoms with Crippen LogP contribution in [0.15, 0.2) is 83.9 Å². The molecule has 0 radical (unpaired) electrons. The Hall–Kier alpha value is -3.73. The van der Waals surface area contributed by atoms with Gasteiger partial charge in [0.05, 0.1) is 18.1 Å². The number of fused-ring (bicyclic) bond motifs is 1. The van der Waals surface area contributed by atoms with E-state index in [0.29, 0.717) is 18.9 Å². The van der Waals surface area contributed by atoms with E-state index in [9.17, 15) is 17.6 Å². The average molecular weight is 523 g/mol. The summed E-state index contributed by atoms with van der Waals surface area (Å²) in [5, 5.41) is 3.74. The van der Waals surface area contributed by atoms with E-state index in [-0.39, 0.29) is 11.3 Å². The van der Waals surface area contributed by atoms with Crippen molar-refractivity contribution in [3.8, 4) is 0 Å². The monoisotopic (exact) mass is 522 g/mol. The molecule has 0 bridgehead atoms. The number of anilines is 2. The van der Waals surface area contributed by atoms with E-state index in [4.69, 9.17) is 4.74 Å². The minimum atomic E-state index is -4.10. The topological polar surface area (TPSA) is 104 Å². The smallest absolute Gasteiger partial charge is 0.242 e. The maximum atomic E-state index is 13.4. The van der Waals surface area contributed by atoms with E-state index in [2.05, 4.69) is 19.9 Å². The third-order valence-electron chi connectivity index (χ3n) is 6.35. The molecule has 8 nitrogen and oxygen atoms in total. The number of rotatable bonds is 8. The van der Waals surface area contributed by atoms with Crippen molar-refractivity contribution < 1.29 is 22.3 Å². The van der Waals surface area contributed by atoms with Crippen molar-refractivity contribution in [2.24, 2.45) is 0 Å². The van der Waals surface area contributed by atoms with Gasteiger partial charge in [-0.2, -0.15) is 4.72 Å². The maximum absolute atomic E-state index is 13.4. The summed E-state index contributed by atoms with van der Waals surface area (Å²) in [6, 6.07) is 18.4. The van der Waals surface area contributed by atoms with Gasteiger partial charge in [0.2, 0.25) is 15.9 Å². The average Bonchev–Trinajstić information content (AvgIpc) is 3.32. The first-order valence-corrected chi connectivity index (χ1v) is 13.4. The summed E-state index contributed by atoms with van der Waals surface area (Å²) in [7, 11) is -4.10. The fourth-order valence-corrected chi connectivity index (χ4v) is 5.58. The number of benzene rings is 3. The number of aromatic nitrogens is 1. The van der Waals surface area contributed by atoms with E-state index in [1.165, 1.54) is 12.1 Å². The molecule has 3 aromatic carbocycles. The van der Waals surface area contributed by atoms with Gasteiger partial charge in [0, 0.05) is 41.6 Å². The molecule has 192 valence electrons. The van der Waals surface area contributed by atoms with Crippen molar-refractivity contribution in [3.63, 3.8) is 0 Å². The molecule has 1 aromatic heterocycles. The third-order valence-corrected chi connectivity index (χ3v) is 7.84. The standard InChI is InChI=1S/C27H27FN4O4S/c28-20-5-11-23(12-6-20)37(34,35)31-26(17-19-18-29-25-4-2-1-3-24(19)25)27(33)30-21-7-9-22(10-8-21)32-13-15-36-16-14-32/h1-12,18,26,29,31H,13-17H2,(H,30,33). The Kier molecular flexibility index (Phi) is 7.22. The van der Waals surface area contributed by atoms with Crippen LogP contribution in [-0.2, 0) is 26.0 Å². The summed E-state index contributed by atoms with van der Waals surface area (Å²) < 4.78 is 47.4. The summed E-state index contributed by atoms with van der Waals surface area (Å²) in [6.45, 7) is 2.93. The molecule has 1 aliphatic rings. The Morgan fingerprint density at radius 2 is 1.70 bits per heavy atom. The lowest BCUT2D eigenvalue weighted by atomic mass is 10.0. The van der Waals surface area contributed by atoms with Crippen molar-refractivity contribution in [3.05, 3.63) is 90.4 Å². The zero-order valence-electron chi connectivity index (χ0n) is 20.0. The molecule has 1 aliphatic heterocycles. The molecule has 1 amide bonds. The molecule has 0 spiro atoms. The van der Waals surface area contributed by atoms with Crippen LogP contribution in [0.5, 0.6) is 0 Å². The van der Waals surface area contributed by atoms with Crippen molar-refractivity contribution in [1.29, 1.82) is 0 Å². The number of sulfonamides is 1. The number of ether oxygens (including phenoxy) is 1. The van der Waals surface area contributed by atoms with Crippen LogP contribution in [-0.4, -0.2) is 51.7 Å². The van der Waals surface area contributed by atoms with Crippen molar-refractivity contribution in [2.75, 3.05) is 36.5 Å². The number of nitrogens with zero attached hydrogens (tertiary/aromatic N) is 1. The van der Waals surface area contributed by atoms with E-state index in [0.717, 1.165) is 47.4 Å². The second-order valence-corrected chi connectivity index (χ2v) is 10.5. The highest BCUT2D eigenvalue weighted by molar-refractivity contribution is 7.89. The molecule has 1 fully saturated rings. The minimum Gasteiger partial charge on any atom is -0.378 e. The lowest BCUT2D eigenvalue weighted by molar-refractivity contribution is -0.117. The Labute approximate surface area is 214 Å². The normalized spacial score (nSPS) is 15.0. The SMILES string of the molecule is O=C(Nc1ccc(N2CCOCC2)cc1)C(Cc1c[nH]c2ccccc12)NS(=O)(=O)c1ccc(F)cc1. The number of hydrogen-bond donors (Lipinski definition) is 3. The number of amides is 1. The second-order valence-electron chi connectivity index (χ2n) is 8.83. The number of aromatic amines is 1.